The van der Waals surface area contributed by atoms with E-state index in [1.165, 1.54) is 0 Å². The smallest absolute Gasteiger partial charge is 0.304 e. The summed E-state index contributed by atoms with van der Waals surface area (Å²) in [5, 5.41) is 11.8. The van der Waals surface area contributed by atoms with Crippen molar-refractivity contribution in [3.05, 3.63) is 0 Å². The number of amides is 1. The SMILES string of the molecule is O=C(O)CCN1CCC(CNC(=O)C2CCOCC2)CC1. The Morgan fingerprint density at radius 1 is 1.14 bits per heavy atom. The van der Waals surface area contributed by atoms with Gasteiger partial charge >= 0.3 is 5.97 Å². The van der Waals surface area contributed by atoms with Crippen LogP contribution in [0, 0.1) is 11.8 Å². The van der Waals surface area contributed by atoms with E-state index in [0.717, 1.165) is 45.3 Å². The van der Waals surface area contributed by atoms with Crippen molar-refractivity contribution in [3.8, 4) is 0 Å². The van der Waals surface area contributed by atoms with E-state index in [9.17, 15) is 9.59 Å². The molecule has 0 atom stereocenters. The molecule has 0 aromatic heterocycles. The third kappa shape index (κ3) is 5.63. The molecule has 0 saturated carbocycles. The molecule has 0 aliphatic carbocycles. The Kier molecular flexibility index (Phi) is 6.45. The monoisotopic (exact) mass is 298 g/mol. The highest BCUT2D eigenvalue weighted by molar-refractivity contribution is 5.78. The van der Waals surface area contributed by atoms with Crippen LogP contribution in [0.25, 0.3) is 0 Å². The minimum Gasteiger partial charge on any atom is -0.481 e. The number of nitrogens with zero attached hydrogens (tertiary/aromatic N) is 1. The molecule has 2 aliphatic heterocycles. The minimum atomic E-state index is -0.735. The topological polar surface area (TPSA) is 78.9 Å². The molecule has 0 bridgehead atoms. The van der Waals surface area contributed by atoms with Crippen molar-refractivity contribution in [1.82, 2.24) is 10.2 Å². The average molecular weight is 298 g/mol. The van der Waals surface area contributed by atoms with Gasteiger partial charge in [0, 0.05) is 32.2 Å². The van der Waals surface area contributed by atoms with Crippen molar-refractivity contribution in [2.75, 3.05) is 39.4 Å². The summed E-state index contributed by atoms with van der Waals surface area (Å²) in [6.07, 6.45) is 3.95. The first-order valence-electron chi connectivity index (χ1n) is 7.94. The number of piperidine rings is 1. The molecule has 0 aromatic rings. The normalized spacial score (nSPS) is 22.1. The van der Waals surface area contributed by atoms with Crippen LogP contribution in [0.5, 0.6) is 0 Å². The largest absolute Gasteiger partial charge is 0.481 e. The predicted octanol–water partition coefficient (Wildman–Crippen LogP) is 0.716. The third-order valence-electron chi connectivity index (χ3n) is 4.51. The molecule has 1 amide bonds. The van der Waals surface area contributed by atoms with Gasteiger partial charge < -0.3 is 20.1 Å². The first-order chi connectivity index (χ1) is 10.1. The molecule has 2 rings (SSSR count). The molecule has 6 heteroatoms. The van der Waals surface area contributed by atoms with Crippen LogP contribution in [0.2, 0.25) is 0 Å². The zero-order valence-electron chi connectivity index (χ0n) is 12.6. The number of carbonyl (C=O) groups excluding carboxylic acids is 1. The maximum atomic E-state index is 12.0. The number of carbonyl (C=O) groups is 2. The summed E-state index contributed by atoms with van der Waals surface area (Å²) in [7, 11) is 0. The van der Waals surface area contributed by atoms with Gasteiger partial charge in [0.05, 0.1) is 6.42 Å². The van der Waals surface area contributed by atoms with Crippen molar-refractivity contribution in [1.29, 1.82) is 0 Å². The van der Waals surface area contributed by atoms with Gasteiger partial charge in [-0.1, -0.05) is 0 Å². The molecule has 2 heterocycles. The summed E-state index contributed by atoms with van der Waals surface area (Å²) in [6, 6.07) is 0. The maximum absolute atomic E-state index is 12.0. The summed E-state index contributed by atoms with van der Waals surface area (Å²) < 4.78 is 5.27. The van der Waals surface area contributed by atoms with Crippen LogP contribution in [0.3, 0.4) is 0 Å². The molecule has 21 heavy (non-hydrogen) atoms. The molecule has 2 aliphatic rings. The zero-order chi connectivity index (χ0) is 15.1. The molecule has 2 saturated heterocycles. The van der Waals surface area contributed by atoms with Gasteiger partial charge in [-0.2, -0.15) is 0 Å². The second kappa shape index (κ2) is 8.34. The Morgan fingerprint density at radius 3 is 2.43 bits per heavy atom. The van der Waals surface area contributed by atoms with Crippen molar-refractivity contribution in [3.63, 3.8) is 0 Å². The summed E-state index contributed by atoms with van der Waals surface area (Å²) >= 11 is 0. The Morgan fingerprint density at radius 2 is 1.81 bits per heavy atom. The number of carboxylic acids is 1. The van der Waals surface area contributed by atoms with E-state index in [1.807, 2.05) is 0 Å². The first kappa shape index (κ1) is 16.2. The molecule has 0 aromatic carbocycles. The average Bonchev–Trinajstić information content (AvgIpc) is 2.52. The van der Waals surface area contributed by atoms with Crippen molar-refractivity contribution < 1.29 is 19.4 Å². The lowest BCUT2D eigenvalue weighted by atomic mass is 9.95. The summed E-state index contributed by atoms with van der Waals surface area (Å²) in [4.78, 5) is 24.8. The lowest BCUT2D eigenvalue weighted by Gasteiger charge is -2.32. The summed E-state index contributed by atoms with van der Waals surface area (Å²) in [5.74, 6) is 0.0803. The molecule has 0 radical (unpaired) electrons. The number of nitrogens with one attached hydrogen (secondary N) is 1. The zero-order valence-corrected chi connectivity index (χ0v) is 12.6. The molecule has 0 spiro atoms. The van der Waals surface area contributed by atoms with E-state index in [-0.39, 0.29) is 18.2 Å². The highest BCUT2D eigenvalue weighted by atomic mass is 16.5. The molecular weight excluding hydrogens is 272 g/mol. The van der Waals surface area contributed by atoms with Gasteiger partial charge in [0.1, 0.15) is 0 Å². The highest BCUT2D eigenvalue weighted by Crippen LogP contribution is 2.18. The van der Waals surface area contributed by atoms with Gasteiger partial charge in [-0.25, -0.2) is 0 Å². The van der Waals surface area contributed by atoms with Crippen LogP contribution in [0.15, 0.2) is 0 Å². The van der Waals surface area contributed by atoms with Crippen LogP contribution < -0.4 is 5.32 Å². The fraction of sp³-hybridized carbons (Fsp3) is 0.867. The van der Waals surface area contributed by atoms with E-state index in [1.54, 1.807) is 0 Å². The molecule has 2 N–H and O–H groups in total. The van der Waals surface area contributed by atoms with Gasteiger partial charge in [0.2, 0.25) is 5.91 Å². The molecule has 0 unspecified atom stereocenters. The molecule has 2 fully saturated rings. The van der Waals surface area contributed by atoms with Crippen molar-refractivity contribution in [2.45, 2.75) is 32.1 Å². The van der Waals surface area contributed by atoms with Crippen LogP contribution >= 0.6 is 0 Å². The minimum absolute atomic E-state index is 0.120. The van der Waals surface area contributed by atoms with Crippen molar-refractivity contribution in [2.24, 2.45) is 11.8 Å². The fourth-order valence-electron chi connectivity index (χ4n) is 3.02. The van der Waals surface area contributed by atoms with Crippen molar-refractivity contribution >= 4 is 11.9 Å². The lowest BCUT2D eigenvalue weighted by molar-refractivity contribution is -0.137. The standard InChI is InChI=1S/C15H26N2O4/c18-14(19)3-8-17-6-1-12(2-7-17)11-16-15(20)13-4-9-21-10-5-13/h12-13H,1-11H2,(H,16,20)(H,18,19). The number of carboxylic acid groups (broad SMARTS) is 1. The molecular formula is C15H26N2O4. The Bertz CT molecular complexity index is 348. The molecule has 6 nitrogen and oxygen atoms in total. The summed E-state index contributed by atoms with van der Waals surface area (Å²) in [5.41, 5.74) is 0. The number of hydrogen-bond acceptors (Lipinski definition) is 4. The number of likely N-dealkylation sites (tertiary alicyclic amines) is 1. The van der Waals surface area contributed by atoms with Crippen LogP contribution in [-0.4, -0.2) is 61.3 Å². The van der Waals surface area contributed by atoms with E-state index < -0.39 is 5.97 Å². The lowest BCUT2D eigenvalue weighted by Crippen LogP contribution is -2.41. The maximum Gasteiger partial charge on any atom is 0.304 e. The van der Waals surface area contributed by atoms with Gasteiger partial charge in [0.25, 0.3) is 0 Å². The van der Waals surface area contributed by atoms with Gasteiger partial charge in [-0.15, -0.1) is 0 Å². The van der Waals surface area contributed by atoms with E-state index in [4.69, 9.17) is 9.84 Å². The second-order valence-electron chi connectivity index (χ2n) is 6.06. The Hall–Kier alpha value is -1.14. The predicted molar refractivity (Wildman–Crippen MR) is 78.0 cm³/mol. The van der Waals surface area contributed by atoms with E-state index in [2.05, 4.69) is 10.2 Å². The van der Waals surface area contributed by atoms with Crippen LogP contribution in [0.1, 0.15) is 32.1 Å². The number of aliphatic carboxylic acids is 1. The number of rotatable bonds is 6. The fourth-order valence-corrected chi connectivity index (χ4v) is 3.02. The van der Waals surface area contributed by atoms with Gasteiger partial charge in [0.15, 0.2) is 0 Å². The second-order valence-corrected chi connectivity index (χ2v) is 6.06. The highest BCUT2D eigenvalue weighted by Gasteiger charge is 2.24. The van der Waals surface area contributed by atoms with E-state index in [0.29, 0.717) is 25.7 Å². The van der Waals surface area contributed by atoms with Crippen LogP contribution in [-0.2, 0) is 14.3 Å². The quantitative estimate of drug-likeness (QED) is 0.755. The first-order valence-corrected chi connectivity index (χ1v) is 7.94. The Balaban J connectivity index is 1.60. The van der Waals surface area contributed by atoms with Gasteiger partial charge in [-0.05, 0) is 44.7 Å². The van der Waals surface area contributed by atoms with Crippen LogP contribution in [0.4, 0.5) is 0 Å². The third-order valence-corrected chi connectivity index (χ3v) is 4.51. The number of hydrogen-bond donors (Lipinski definition) is 2. The molecule has 120 valence electrons. The number of ether oxygens (including phenoxy) is 1. The Labute approximate surface area is 125 Å². The van der Waals surface area contributed by atoms with Gasteiger partial charge in [-0.3, -0.25) is 9.59 Å². The summed E-state index contributed by atoms with van der Waals surface area (Å²) in [6.45, 7) is 4.65. The van der Waals surface area contributed by atoms with E-state index >= 15 is 0 Å².